The molecule has 148 valence electrons. The molecule has 1 aliphatic heterocycles. The number of furan rings is 1. The van der Waals surface area contributed by atoms with E-state index in [-0.39, 0.29) is 0 Å². The van der Waals surface area contributed by atoms with Crippen LogP contribution in [0.5, 0.6) is 0 Å². The second-order valence-corrected chi connectivity index (χ2v) is 7.23. The summed E-state index contributed by atoms with van der Waals surface area (Å²) in [7, 11) is 0. The molecule has 6 heteroatoms. The maximum atomic E-state index is 8.97. The molecule has 3 heterocycles. The maximum absolute atomic E-state index is 8.97. The van der Waals surface area contributed by atoms with E-state index in [9.17, 15) is 0 Å². The van der Waals surface area contributed by atoms with Crippen LogP contribution in [0.1, 0.15) is 5.56 Å². The number of anilines is 1. The molecule has 30 heavy (non-hydrogen) atoms. The lowest BCUT2D eigenvalue weighted by Crippen LogP contribution is -2.43. The summed E-state index contributed by atoms with van der Waals surface area (Å²) in [4.78, 5) is 6.91. The third-order valence-corrected chi connectivity index (χ3v) is 5.38. The number of benzene rings is 2. The smallest absolute Gasteiger partial charge is 0.180 e. The summed E-state index contributed by atoms with van der Waals surface area (Å²) >= 11 is 0. The Morgan fingerprint density at radius 1 is 0.867 bits per heavy atom. The van der Waals surface area contributed by atoms with E-state index in [4.69, 9.17) is 9.68 Å². The first-order valence-corrected chi connectivity index (χ1v) is 10.0. The molecule has 0 atom stereocenters. The van der Waals surface area contributed by atoms with Crippen LogP contribution in [0.25, 0.3) is 28.6 Å². The van der Waals surface area contributed by atoms with Crippen LogP contribution >= 0.6 is 0 Å². The van der Waals surface area contributed by atoms with Gasteiger partial charge in [0.25, 0.3) is 0 Å². The maximum Gasteiger partial charge on any atom is 0.180 e. The van der Waals surface area contributed by atoms with Crippen LogP contribution in [0.2, 0.25) is 0 Å². The van der Waals surface area contributed by atoms with Gasteiger partial charge in [-0.1, -0.05) is 0 Å². The average molecular weight is 395 g/mol. The summed E-state index contributed by atoms with van der Waals surface area (Å²) in [6.07, 6.45) is 3.72. The van der Waals surface area contributed by atoms with Crippen LogP contribution < -0.4 is 10.2 Å². The van der Waals surface area contributed by atoms with Gasteiger partial charge in [-0.3, -0.25) is 4.57 Å². The number of hydrogen-bond acceptors (Lipinski definition) is 5. The number of nitrogens with one attached hydrogen (secondary N) is 1. The third kappa shape index (κ3) is 3.47. The number of aromatic nitrogens is 2. The fourth-order valence-electron chi connectivity index (χ4n) is 3.76. The Morgan fingerprint density at radius 3 is 2.30 bits per heavy atom. The standard InChI is InChI=1S/C24H21N5O/c25-17-18-1-3-19(4-2-18)22-9-10-23(30-22)24-27-13-16-29(24)21-7-5-20(6-8-21)28-14-11-26-12-15-28/h1-10,13,16,26H,11-12,14-15H2. The van der Waals surface area contributed by atoms with Gasteiger partial charge in [-0.05, 0) is 60.7 Å². The van der Waals surface area contributed by atoms with E-state index >= 15 is 0 Å². The highest BCUT2D eigenvalue weighted by Gasteiger charge is 2.14. The van der Waals surface area contributed by atoms with Gasteiger partial charge in [0.15, 0.2) is 11.6 Å². The zero-order valence-corrected chi connectivity index (χ0v) is 16.5. The van der Waals surface area contributed by atoms with Crippen molar-refractivity contribution in [3.8, 4) is 34.7 Å². The van der Waals surface area contributed by atoms with Crippen molar-refractivity contribution in [2.24, 2.45) is 0 Å². The van der Waals surface area contributed by atoms with Crippen molar-refractivity contribution < 1.29 is 4.42 Å². The van der Waals surface area contributed by atoms with E-state index in [0.717, 1.165) is 49.0 Å². The van der Waals surface area contributed by atoms with Crippen LogP contribution in [0.15, 0.2) is 77.5 Å². The fourth-order valence-corrected chi connectivity index (χ4v) is 3.76. The van der Waals surface area contributed by atoms with E-state index in [1.54, 1.807) is 18.3 Å². The molecule has 0 unspecified atom stereocenters. The zero-order valence-electron chi connectivity index (χ0n) is 16.5. The van der Waals surface area contributed by atoms with Gasteiger partial charge < -0.3 is 14.6 Å². The van der Waals surface area contributed by atoms with E-state index in [1.165, 1.54) is 5.69 Å². The largest absolute Gasteiger partial charge is 0.453 e. The first-order valence-electron chi connectivity index (χ1n) is 10.0. The summed E-state index contributed by atoms with van der Waals surface area (Å²) in [5.74, 6) is 2.20. The second-order valence-electron chi connectivity index (χ2n) is 7.23. The van der Waals surface area contributed by atoms with Gasteiger partial charge in [0.05, 0.1) is 11.6 Å². The monoisotopic (exact) mass is 395 g/mol. The number of rotatable bonds is 4. The minimum absolute atomic E-state index is 0.630. The average Bonchev–Trinajstić information content (AvgIpc) is 3.50. The Hall–Kier alpha value is -3.82. The van der Waals surface area contributed by atoms with Crippen LogP contribution in [-0.2, 0) is 0 Å². The quantitative estimate of drug-likeness (QED) is 0.564. The van der Waals surface area contributed by atoms with Gasteiger partial charge in [0, 0.05) is 55.5 Å². The predicted octanol–water partition coefficient (Wildman–Crippen LogP) is 4.08. The zero-order chi connectivity index (χ0) is 20.3. The van der Waals surface area contributed by atoms with Gasteiger partial charge in [-0.25, -0.2) is 4.98 Å². The number of imidazole rings is 1. The Morgan fingerprint density at radius 2 is 1.57 bits per heavy atom. The lowest BCUT2D eigenvalue weighted by atomic mass is 10.1. The molecular weight excluding hydrogens is 374 g/mol. The topological polar surface area (TPSA) is 70.0 Å². The van der Waals surface area contributed by atoms with E-state index in [2.05, 4.69) is 45.5 Å². The number of nitrogens with zero attached hydrogens (tertiary/aromatic N) is 4. The number of hydrogen-bond donors (Lipinski definition) is 1. The van der Waals surface area contributed by atoms with Gasteiger partial charge in [0.2, 0.25) is 0 Å². The van der Waals surface area contributed by atoms with Gasteiger partial charge in [-0.15, -0.1) is 0 Å². The Kier molecular flexibility index (Phi) is 4.80. The molecule has 0 aliphatic carbocycles. The molecule has 1 fully saturated rings. The van der Waals surface area contributed by atoms with Gasteiger partial charge >= 0.3 is 0 Å². The van der Waals surface area contributed by atoms with Crippen molar-refractivity contribution in [2.75, 3.05) is 31.1 Å². The Balaban J connectivity index is 1.41. The molecule has 0 radical (unpaired) electrons. The molecule has 2 aromatic carbocycles. The lowest BCUT2D eigenvalue weighted by Gasteiger charge is -2.29. The van der Waals surface area contributed by atoms with Gasteiger partial charge in [0.1, 0.15) is 5.76 Å². The second kappa shape index (κ2) is 7.90. The molecule has 5 rings (SSSR count). The van der Waals surface area contributed by atoms with Crippen molar-refractivity contribution >= 4 is 5.69 Å². The van der Waals surface area contributed by atoms with Crippen molar-refractivity contribution in [3.63, 3.8) is 0 Å². The molecular formula is C24H21N5O. The minimum atomic E-state index is 0.630. The molecule has 0 spiro atoms. The molecule has 1 saturated heterocycles. The number of piperazine rings is 1. The summed E-state index contributed by atoms with van der Waals surface area (Å²) in [6.45, 7) is 4.10. The molecule has 2 aromatic heterocycles. The first kappa shape index (κ1) is 18.2. The summed E-state index contributed by atoms with van der Waals surface area (Å²) in [6, 6.07) is 21.9. The van der Waals surface area contributed by atoms with Crippen LogP contribution in [0, 0.1) is 11.3 Å². The van der Waals surface area contributed by atoms with Crippen molar-refractivity contribution in [2.45, 2.75) is 0 Å². The summed E-state index contributed by atoms with van der Waals surface area (Å²) < 4.78 is 8.12. The van der Waals surface area contributed by atoms with Crippen molar-refractivity contribution in [3.05, 3.63) is 78.6 Å². The predicted molar refractivity (Wildman–Crippen MR) is 116 cm³/mol. The lowest BCUT2D eigenvalue weighted by molar-refractivity contribution is 0.589. The molecule has 0 bridgehead atoms. The summed E-state index contributed by atoms with van der Waals surface area (Å²) in [5, 5.41) is 12.4. The van der Waals surface area contributed by atoms with E-state index in [1.807, 2.05) is 35.0 Å². The number of nitriles is 1. The minimum Gasteiger partial charge on any atom is -0.453 e. The normalized spacial score (nSPS) is 13.9. The van der Waals surface area contributed by atoms with Crippen LogP contribution in [0.3, 0.4) is 0 Å². The first-order chi connectivity index (χ1) is 14.8. The van der Waals surface area contributed by atoms with Crippen molar-refractivity contribution in [1.29, 1.82) is 5.26 Å². The Labute approximate surface area is 175 Å². The highest BCUT2D eigenvalue weighted by atomic mass is 16.3. The van der Waals surface area contributed by atoms with Gasteiger partial charge in [-0.2, -0.15) is 5.26 Å². The van der Waals surface area contributed by atoms with Crippen LogP contribution in [-0.4, -0.2) is 35.7 Å². The van der Waals surface area contributed by atoms with E-state index in [0.29, 0.717) is 11.3 Å². The molecule has 0 amide bonds. The van der Waals surface area contributed by atoms with Crippen molar-refractivity contribution in [1.82, 2.24) is 14.9 Å². The fraction of sp³-hybridized carbons (Fsp3) is 0.167. The molecule has 1 N–H and O–H groups in total. The molecule has 4 aromatic rings. The molecule has 0 saturated carbocycles. The molecule has 1 aliphatic rings. The Bertz CT molecular complexity index is 1180. The summed E-state index contributed by atoms with van der Waals surface area (Å²) in [5.41, 5.74) is 3.84. The highest BCUT2D eigenvalue weighted by molar-refractivity contribution is 5.64. The SMILES string of the molecule is N#Cc1ccc(-c2ccc(-c3nccn3-c3ccc(N4CCNCC4)cc3)o2)cc1. The third-order valence-electron chi connectivity index (χ3n) is 5.38. The van der Waals surface area contributed by atoms with Crippen LogP contribution in [0.4, 0.5) is 5.69 Å². The molecule has 6 nitrogen and oxygen atoms in total. The highest BCUT2D eigenvalue weighted by Crippen LogP contribution is 2.29. The van der Waals surface area contributed by atoms with E-state index < -0.39 is 0 Å².